The molecule has 0 unspecified atom stereocenters. The van der Waals surface area contributed by atoms with Crippen molar-refractivity contribution < 1.29 is 9.18 Å². The monoisotopic (exact) mass is 258 g/mol. The number of nitrogens with zero attached hydrogens (tertiary/aromatic N) is 1. The Morgan fingerprint density at radius 1 is 1.26 bits per heavy atom. The molecule has 3 rings (SSSR count). The average molecular weight is 258 g/mol. The summed E-state index contributed by atoms with van der Waals surface area (Å²) in [6, 6.07) is 10.2. The van der Waals surface area contributed by atoms with Crippen LogP contribution in [0.3, 0.4) is 0 Å². The third-order valence-electron chi connectivity index (χ3n) is 3.34. The van der Waals surface area contributed by atoms with Crippen LogP contribution in [0.4, 0.5) is 4.39 Å². The molecule has 1 aliphatic carbocycles. The lowest BCUT2D eigenvalue weighted by Gasteiger charge is -2.22. The minimum absolute atomic E-state index is 0.0109. The number of benzene rings is 1. The van der Waals surface area contributed by atoms with Crippen LogP contribution in [0.1, 0.15) is 28.9 Å². The zero-order valence-corrected chi connectivity index (χ0v) is 10.5. The zero-order chi connectivity index (χ0) is 13.2. The van der Waals surface area contributed by atoms with Gasteiger partial charge in [-0.05, 0) is 42.7 Å². The minimum Gasteiger partial charge on any atom is -0.357 e. The first-order chi connectivity index (χ1) is 9.24. The highest BCUT2D eigenvalue weighted by atomic mass is 19.1. The molecule has 1 aliphatic rings. The fourth-order valence-electron chi connectivity index (χ4n) is 2.16. The molecule has 1 amide bonds. The number of rotatable bonds is 4. The number of hydrogen-bond acceptors (Lipinski definition) is 1. The number of H-pyrrole nitrogens is 1. The maximum atomic E-state index is 12.9. The van der Waals surface area contributed by atoms with E-state index in [1.54, 1.807) is 24.4 Å². The Labute approximate surface area is 111 Å². The van der Waals surface area contributed by atoms with Gasteiger partial charge >= 0.3 is 0 Å². The maximum absolute atomic E-state index is 12.9. The standard InChI is InChI=1S/C15H15FN2O/c16-12-5-3-11(4-6-12)10-18(13-7-8-13)15(19)14-2-1-9-17-14/h1-6,9,13,17H,7-8,10H2. The van der Waals surface area contributed by atoms with Gasteiger partial charge in [-0.1, -0.05) is 12.1 Å². The number of aromatic amines is 1. The van der Waals surface area contributed by atoms with Crippen molar-refractivity contribution in [2.24, 2.45) is 0 Å². The van der Waals surface area contributed by atoms with Gasteiger partial charge in [-0.2, -0.15) is 0 Å². The SMILES string of the molecule is O=C(c1ccc[nH]1)N(Cc1ccc(F)cc1)C1CC1. The highest BCUT2D eigenvalue weighted by Crippen LogP contribution is 2.29. The van der Waals surface area contributed by atoms with Crippen LogP contribution in [0.15, 0.2) is 42.6 Å². The molecule has 98 valence electrons. The lowest BCUT2D eigenvalue weighted by Crippen LogP contribution is -2.32. The Kier molecular flexibility index (Phi) is 3.07. The van der Waals surface area contributed by atoms with E-state index in [1.165, 1.54) is 12.1 Å². The quantitative estimate of drug-likeness (QED) is 0.899. The molecule has 0 spiro atoms. The molecule has 3 nitrogen and oxygen atoms in total. The average Bonchev–Trinajstić information content (AvgIpc) is 3.11. The second-order valence-electron chi connectivity index (χ2n) is 4.87. The van der Waals surface area contributed by atoms with Gasteiger partial charge in [0.15, 0.2) is 0 Å². The summed E-state index contributed by atoms with van der Waals surface area (Å²) in [5.74, 6) is -0.241. The van der Waals surface area contributed by atoms with Crippen molar-refractivity contribution in [3.8, 4) is 0 Å². The van der Waals surface area contributed by atoms with Gasteiger partial charge in [-0.15, -0.1) is 0 Å². The second-order valence-corrected chi connectivity index (χ2v) is 4.87. The van der Waals surface area contributed by atoms with Crippen LogP contribution in [0, 0.1) is 5.82 Å². The number of carbonyl (C=O) groups excluding carboxylic acids is 1. The molecule has 1 aromatic heterocycles. The molecule has 1 fully saturated rings. The first-order valence-corrected chi connectivity index (χ1v) is 6.43. The first-order valence-electron chi connectivity index (χ1n) is 6.43. The van der Waals surface area contributed by atoms with Crippen LogP contribution < -0.4 is 0 Å². The molecule has 0 atom stereocenters. The summed E-state index contributed by atoms with van der Waals surface area (Å²) in [6.07, 6.45) is 3.84. The van der Waals surface area contributed by atoms with Crippen LogP contribution in [-0.4, -0.2) is 21.8 Å². The summed E-state index contributed by atoms with van der Waals surface area (Å²) >= 11 is 0. The summed E-state index contributed by atoms with van der Waals surface area (Å²) in [6.45, 7) is 0.531. The number of aromatic nitrogens is 1. The lowest BCUT2D eigenvalue weighted by atomic mass is 10.2. The van der Waals surface area contributed by atoms with Crippen molar-refractivity contribution >= 4 is 5.91 Å². The summed E-state index contributed by atoms with van der Waals surface area (Å²) in [4.78, 5) is 17.2. The summed E-state index contributed by atoms with van der Waals surface area (Å²) in [5, 5.41) is 0. The third kappa shape index (κ3) is 2.67. The van der Waals surface area contributed by atoms with E-state index < -0.39 is 0 Å². The molecular formula is C15H15FN2O. The van der Waals surface area contributed by atoms with Gasteiger partial charge in [-0.3, -0.25) is 4.79 Å². The van der Waals surface area contributed by atoms with E-state index in [2.05, 4.69) is 4.98 Å². The van der Waals surface area contributed by atoms with Crippen molar-refractivity contribution in [2.75, 3.05) is 0 Å². The number of carbonyl (C=O) groups is 1. The second kappa shape index (κ2) is 4.88. The van der Waals surface area contributed by atoms with Crippen molar-refractivity contribution in [2.45, 2.75) is 25.4 Å². The van der Waals surface area contributed by atoms with Crippen LogP contribution in [0.2, 0.25) is 0 Å². The van der Waals surface area contributed by atoms with Gasteiger partial charge in [0, 0.05) is 18.8 Å². The molecule has 0 radical (unpaired) electrons. The predicted molar refractivity (Wildman–Crippen MR) is 70.1 cm³/mol. The minimum atomic E-state index is -0.252. The molecule has 1 heterocycles. The van der Waals surface area contributed by atoms with Crippen molar-refractivity contribution in [1.82, 2.24) is 9.88 Å². The van der Waals surface area contributed by atoms with Crippen LogP contribution in [0.5, 0.6) is 0 Å². The summed E-state index contributed by atoms with van der Waals surface area (Å²) in [5.41, 5.74) is 1.56. The van der Waals surface area contributed by atoms with Gasteiger partial charge in [0.05, 0.1) is 0 Å². The fourth-order valence-corrected chi connectivity index (χ4v) is 2.16. The van der Waals surface area contributed by atoms with E-state index >= 15 is 0 Å². The highest BCUT2D eigenvalue weighted by Gasteiger charge is 2.33. The molecule has 1 aromatic carbocycles. The van der Waals surface area contributed by atoms with E-state index in [0.717, 1.165) is 18.4 Å². The molecule has 19 heavy (non-hydrogen) atoms. The zero-order valence-electron chi connectivity index (χ0n) is 10.5. The molecule has 1 saturated carbocycles. The van der Waals surface area contributed by atoms with E-state index in [0.29, 0.717) is 18.3 Å². The third-order valence-corrected chi connectivity index (χ3v) is 3.34. The molecule has 0 saturated heterocycles. The highest BCUT2D eigenvalue weighted by molar-refractivity contribution is 5.92. The van der Waals surface area contributed by atoms with E-state index in [-0.39, 0.29) is 11.7 Å². The van der Waals surface area contributed by atoms with E-state index in [9.17, 15) is 9.18 Å². The maximum Gasteiger partial charge on any atom is 0.270 e. The smallest absolute Gasteiger partial charge is 0.270 e. The van der Waals surface area contributed by atoms with Crippen LogP contribution in [0.25, 0.3) is 0 Å². The molecule has 0 aliphatic heterocycles. The Bertz CT molecular complexity index is 558. The fraction of sp³-hybridized carbons (Fsp3) is 0.267. The number of halogens is 1. The van der Waals surface area contributed by atoms with Crippen LogP contribution >= 0.6 is 0 Å². The number of hydrogen-bond donors (Lipinski definition) is 1. The first kappa shape index (κ1) is 12.0. The summed E-state index contributed by atoms with van der Waals surface area (Å²) in [7, 11) is 0. The molecule has 4 heteroatoms. The van der Waals surface area contributed by atoms with Gasteiger partial charge in [0.25, 0.3) is 5.91 Å². The molecule has 2 aromatic rings. The molecular weight excluding hydrogens is 243 g/mol. The lowest BCUT2D eigenvalue weighted by molar-refractivity contribution is 0.0724. The van der Waals surface area contributed by atoms with Gasteiger partial charge in [-0.25, -0.2) is 4.39 Å². The summed E-state index contributed by atoms with van der Waals surface area (Å²) < 4.78 is 12.9. The Hall–Kier alpha value is -2.10. The molecule has 0 bridgehead atoms. The van der Waals surface area contributed by atoms with Crippen LogP contribution in [-0.2, 0) is 6.54 Å². The van der Waals surface area contributed by atoms with Crippen molar-refractivity contribution in [3.05, 3.63) is 59.7 Å². The van der Waals surface area contributed by atoms with E-state index in [4.69, 9.17) is 0 Å². The van der Waals surface area contributed by atoms with Gasteiger partial charge in [0.1, 0.15) is 11.5 Å². The Balaban J connectivity index is 1.78. The number of nitrogens with one attached hydrogen (secondary N) is 1. The van der Waals surface area contributed by atoms with Crippen molar-refractivity contribution in [3.63, 3.8) is 0 Å². The van der Waals surface area contributed by atoms with Crippen molar-refractivity contribution in [1.29, 1.82) is 0 Å². The van der Waals surface area contributed by atoms with Gasteiger partial charge in [0.2, 0.25) is 0 Å². The van der Waals surface area contributed by atoms with Gasteiger partial charge < -0.3 is 9.88 Å². The largest absolute Gasteiger partial charge is 0.357 e. The normalized spacial score (nSPS) is 14.4. The number of amides is 1. The molecule has 1 N–H and O–H groups in total. The van der Waals surface area contributed by atoms with E-state index in [1.807, 2.05) is 11.0 Å². The topological polar surface area (TPSA) is 36.1 Å². The Morgan fingerprint density at radius 2 is 2.00 bits per heavy atom. The Morgan fingerprint density at radius 3 is 2.58 bits per heavy atom. The predicted octanol–water partition coefficient (Wildman–Crippen LogP) is 2.96.